The van der Waals surface area contributed by atoms with E-state index in [9.17, 15) is 4.79 Å². The molecule has 116 valence electrons. The summed E-state index contributed by atoms with van der Waals surface area (Å²) in [6.45, 7) is 17.5. The monoisotopic (exact) mass is 296 g/mol. The van der Waals surface area contributed by atoms with Gasteiger partial charge in [0, 0.05) is 0 Å². The van der Waals surface area contributed by atoms with Crippen LogP contribution in [0.5, 0.6) is 0 Å². The van der Waals surface area contributed by atoms with Crippen LogP contribution in [0.4, 0.5) is 0 Å². The maximum atomic E-state index is 12.4. The third-order valence-electron chi connectivity index (χ3n) is 4.80. The second-order valence-corrected chi connectivity index (χ2v) is 13.7. The van der Waals surface area contributed by atoms with Gasteiger partial charge in [-0.15, -0.1) is 0 Å². The smallest absolute Gasteiger partial charge is 0.293 e. The van der Waals surface area contributed by atoms with E-state index in [1.807, 2.05) is 0 Å². The Morgan fingerprint density at radius 3 is 2.25 bits per heavy atom. The molecule has 0 aromatic carbocycles. The number of allylic oxidation sites excluding steroid dienone is 2. The predicted octanol–water partition coefficient (Wildman–Crippen LogP) is 5.31. The molecule has 0 aromatic rings. The van der Waals surface area contributed by atoms with Crippen LogP contribution < -0.4 is 0 Å². The van der Waals surface area contributed by atoms with Crippen LogP contribution in [0, 0.1) is 10.8 Å². The lowest BCUT2D eigenvalue weighted by molar-refractivity contribution is -0.137. The highest BCUT2D eigenvalue weighted by Crippen LogP contribution is 2.44. The van der Waals surface area contributed by atoms with Gasteiger partial charge in [0.1, 0.15) is 0 Å². The summed E-state index contributed by atoms with van der Waals surface area (Å²) >= 11 is 0. The van der Waals surface area contributed by atoms with Gasteiger partial charge in [-0.1, -0.05) is 53.7 Å². The van der Waals surface area contributed by atoms with Gasteiger partial charge < -0.3 is 4.43 Å². The molecule has 0 N–H and O–H groups in total. The molecule has 0 saturated heterocycles. The van der Waals surface area contributed by atoms with Gasteiger partial charge >= 0.3 is 0 Å². The molecule has 20 heavy (non-hydrogen) atoms. The first-order chi connectivity index (χ1) is 8.77. The van der Waals surface area contributed by atoms with Crippen LogP contribution in [0.25, 0.3) is 0 Å². The zero-order valence-electron chi connectivity index (χ0n) is 14.6. The maximum Gasteiger partial charge on any atom is 0.293 e. The lowest BCUT2D eigenvalue weighted by atomic mass is 9.67. The fourth-order valence-corrected chi connectivity index (χ4v) is 3.76. The first-order valence-corrected chi connectivity index (χ1v) is 10.6. The molecule has 1 rings (SSSR count). The first kappa shape index (κ1) is 17.5. The van der Waals surface area contributed by atoms with Crippen LogP contribution in [0.15, 0.2) is 12.2 Å². The summed E-state index contributed by atoms with van der Waals surface area (Å²) in [5, 5.41) is 0.0746. The van der Waals surface area contributed by atoms with Crippen molar-refractivity contribution < 1.29 is 9.22 Å². The molecule has 0 spiro atoms. The number of hydrogen-bond acceptors (Lipinski definition) is 2. The minimum atomic E-state index is -1.99. The van der Waals surface area contributed by atoms with Gasteiger partial charge in [-0.3, -0.25) is 4.79 Å². The second-order valence-electron chi connectivity index (χ2n) is 9.01. The van der Waals surface area contributed by atoms with Gasteiger partial charge in [0.15, 0.2) is 0 Å². The summed E-state index contributed by atoms with van der Waals surface area (Å²) < 4.78 is 5.90. The Bertz CT molecular complexity index is 402. The van der Waals surface area contributed by atoms with E-state index in [1.54, 1.807) is 0 Å². The van der Waals surface area contributed by atoms with Crippen molar-refractivity contribution in [1.82, 2.24) is 0 Å². The van der Waals surface area contributed by atoms with Crippen molar-refractivity contribution in [2.45, 2.75) is 78.9 Å². The predicted molar refractivity (Wildman–Crippen MR) is 88.2 cm³/mol. The maximum absolute atomic E-state index is 12.4. The van der Waals surface area contributed by atoms with Crippen LogP contribution in [0.3, 0.4) is 0 Å². The molecule has 1 atom stereocenters. The second kappa shape index (κ2) is 5.32. The van der Waals surface area contributed by atoms with Gasteiger partial charge in [0.05, 0.1) is 6.42 Å². The van der Waals surface area contributed by atoms with Gasteiger partial charge in [-0.25, -0.2) is 0 Å². The molecular formula is C17H32O2Si. The summed E-state index contributed by atoms with van der Waals surface area (Å²) in [5.74, 6) is -0.0264. The molecule has 0 unspecified atom stereocenters. The standard InChI is InChI=1S/C17H32O2Si/c1-15(2,3)20(7,8)19-14(18)12-17(6)11-9-10-16(4,5)13-17/h9,11H,10,12-13H2,1-8H3/t17-/m0/s1. The van der Waals surface area contributed by atoms with Crippen molar-refractivity contribution in [1.29, 1.82) is 0 Å². The fraction of sp³-hybridized carbons (Fsp3) is 0.824. The van der Waals surface area contributed by atoms with Crippen LogP contribution in [0.2, 0.25) is 18.1 Å². The third-order valence-corrected chi connectivity index (χ3v) is 9.15. The Hall–Kier alpha value is -0.573. The highest BCUT2D eigenvalue weighted by molar-refractivity contribution is 6.75. The molecule has 0 radical (unpaired) electrons. The first-order valence-electron chi connectivity index (χ1n) is 7.66. The molecule has 0 saturated carbocycles. The molecule has 0 aliphatic heterocycles. The Morgan fingerprint density at radius 2 is 1.80 bits per heavy atom. The van der Waals surface area contributed by atoms with E-state index >= 15 is 0 Å². The minimum absolute atomic E-state index is 0.0264. The molecule has 0 bridgehead atoms. The van der Waals surface area contributed by atoms with Gasteiger partial charge in [-0.05, 0) is 41.8 Å². The Morgan fingerprint density at radius 1 is 1.25 bits per heavy atom. The molecule has 1 aliphatic rings. The van der Waals surface area contributed by atoms with Crippen molar-refractivity contribution in [3.8, 4) is 0 Å². The average molecular weight is 297 g/mol. The normalized spacial score (nSPS) is 26.4. The van der Waals surface area contributed by atoms with Crippen LogP contribution in [-0.2, 0) is 9.22 Å². The average Bonchev–Trinajstić information content (AvgIpc) is 2.10. The third kappa shape index (κ3) is 4.47. The summed E-state index contributed by atoms with van der Waals surface area (Å²) in [4.78, 5) is 12.4. The van der Waals surface area contributed by atoms with Crippen molar-refractivity contribution >= 4 is 14.3 Å². The molecule has 0 amide bonds. The quantitative estimate of drug-likeness (QED) is 0.521. The van der Waals surface area contributed by atoms with Crippen molar-refractivity contribution in [3.05, 3.63) is 12.2 Å². The summed E-state index contributed by atoms with van der Waals surface area (Å²) in [5.41, 5.74) is 0.224. The Balaban J connectivity index is 2.72. The highest BCUT2D eigenvalue weighted by atomic mass is 28.4. The van der Waals surface area contributed by atoms with Crippen LogP contribution in [0.1, 0.15) is 60.8 Å². The van der Waals surface area contributed by atoms with E-state index in [-0.39, 0.29) is 21.8 Å². The Labute approximate surface area is 126 Å². The number of hydrogen-bond donors (Lipinski definition) is 0. The number of carbonyl (C=O) groups excluding carboxylic acids is 1. The summed E-state index contributed by atoms with van der Waals surface area (Å²) in [6, 6.07) is 0. The minimum Gasteiger partial charge on any atom is -0.519 e. The van der Waals surface area contributed by atoms with Crippen molar-refractivity contribution in [3.63, 3.8) is 0 Å². The molecular weight excluding hydrogens is 264 g/mol. The van der Waals surface area contributed by atoms with E-state index in [0.29, 0.717) is 6.42 Å². The Kier molecular flexibility index (Phi) is 4.65. The molecule has 2 nitrogen and oxygen atoms in total. The topological polar surface area (TPSA) is 26.3 Å². The van der Waals surface area contributed by atoms with E-state index in [2.05, 4.69) is 66.8 Å². The van der Waals surface area contributed by atoms with E-state index in [0.717, 1.165) is 12.8 Å². The molecule has 0 heterocycles. The zero-order valence-corrected chi connectivity index (χ0v) is 15.6. The number of carbonyl (C=O) groups is 1. The molecule has 0 fully saturated rings. The SMILES string of the molecule is CC1(C)CC=C[C@@](C)(CC(=O)O[Si](C)(C)C(C)(C)C)C1. The lowest BCUT2D eigenvalue weighted by Crippen LogP contribution is -2.43. The van der Waals surface area contributed by atoms with Crippen molar-refractivity contribution in [2.24, 2.45) is 10.8 Å². The number of rotatable bonds is 3. The van der Waals surface area contributed by atoms with Crippen LogP contribution >= 0.6 is 0 Å². The van der Waals surface area contributed by atoms with E-state index in [1.165, 1.54) is 0 Å². The van der Waals surface area contributed by atoms with Gasteiger partial charge in [-0.2, -0.15) is 0 Å². The van der Waals surface area contributed by atoms with Crippen LogP contribution in [-0.4, -0.2) is 14.3 Å². The zero-order chi connectivity index (χ0) is 15.8. The van der Waals surface area contributed by atoms with E-state index in [4.69, 9.17) is 4.43 Å². The molecule has 1 aliphatic carbocycles. The summed E-state index contributed by atoms with van der Waals surface area (Å²) in [7, 11) is -1.99. The highest BCUT2D eigenvalue weighted by Gasteiger charge is 2.42. The van der Waals surface area contributed by atoms with E-state index < -0.39 is 8.32 Å². The summed E-state index contributed by atoms with van der Waals surface area (Å²) in [6.07, 6.45) is 7.08. The fourth-order valence-electron chi connectivity index (χ4n) is 2.81. The molecule has 0 aromatic heterocycles. The largest absolute Gasteiger partial charge is 0.519 e. The molecule has 3 heteroatoms. The van der Waals surface area contributed by atoms with Gasteiger partial charge in [0.2, 0.25) is 0 Å². The van der Waals surface area contributed by atoms with Crippen molar-refractivity contribution in [2.75, 3.05) is 0 Å². The van der Waals surface area contributed by atoms with Gasteiger partial charge in [0.25, 0.3) is 14.3 Å². The lowest BCUT2D eigenvalue weighted by Gasteiger charge is -2.40.